The van der Waals surface area contributed by atoms with Crippen LogP contribution in [0.1, 0.15) is 55.6 Å². The first-order valence-electron chi connectivity index (χ1n) is 11.0. The molecule has 2 aromatic rings. The molecule has 162 valence electrons. The van der Waals surface area contributed by atoms with Gasteiger partial charge in [0, 0.05) is 19.7 Å². The summed E-state index contributed by atoms with van der Waals surface area (Å²) in [6.45, 7) is 10.8. The summed E-state index contributed by atoms with van der Waals surface area (Å²) in [5, 5.41) is 11.2. The number of rotatable bonds is 13. The number of aliphatic hydroxyl groups is 1. The quantitative estimate of drug-likeness (QED) is 0.439. The van der Waals surface area contributed by atoms with Gasteiger partial charge in [0.1, 0.15) is 17.1 Å². The summed E-state index contributed by atoms with van der Waals surface area (Å²) < 4.78 is 12.1. The summed E-state index contributed by atoms with van der Waals surface area (Å²) in [5.41, 5.74) is 0.287. The fourth-order valence-electron chi connectivity index (χ4n) is 4.09. The molecule has 1 fully saturated rings. The highest BCUT2D eigenvalue weighted by Gasteiger charge is 2.31. The molecule has 0 bridgehead atoms. The summed E-state index contributed by atoms with van der Waals surface area (Å²) in [6, 6.07) is 14.4. The number of hydrogen-bond donors (Lipinski definition) is 1. The lowest BCUT2D eigenvalue weighted by atomic mass is 9.89. The summed E-state index contributed by atoms with van der Waals surface area (Å²) >= 11 is 0. The van der Waals surface area contributed by atoms with Gasteiger partial charge in [0.25, 0.3) is 0 Å². The van der Waals surface area contributed by atoms with Gasteiger partial charge in [-0.05, 0) is 56.2 Å². The number of furan rings is 1. The van der Waals surface area contributed by atoms with E-state index in [4.69, 9.17) is 9.15 Å². The SMILES string of the molecule is C=CCCC(O)(CCC=C)c1ccc(CN(Cc2ccccc2)CC2CCCO2)o1. The van der Waals surface area contributed by atoms with Crippen LogP contribution < -0.4 is 0 Å². The fraction of sp³-hybridized carbons (Fsp3) is 0.462. The molecule has 1 saturated heterocycles. The average molecular weight is 410 g/mol. The molecule has 1 aromatic heterocycles. The van der Waals surface area contributed by atoms with E-state index in [0.717, 1.165) is 51.1 Å². The Morgan fingerprint density at radius 3 is 2.40 bits per heavy atom. The Hall–Kier alpha value is -2.14. The Morgan fingerprint density at radius 2 is 1.77 bits per heavy atom. The molecule has 1 atom stereocenters. The summed E-state index contributed by atoms with van der Waals surface area (Å²) in [6.07, 6.45) is 8.87. The molecule has 1 aliphatic heterocycles. The molecule has 30 heavy (non-hydrogen) atoms. The van der Waals surface area contributed by atoms with E-state index >= 15 is 0 Å². The lowest BCUT2D eigenvalue weighted by Crippen LogP contribution is -2.31. The van der Waals surface area contributed by atoms with Crippen LogP contribution >= 0.6 is 0 Å². The van der Waals surface area contributed by atoms with Gasteiger partial charge < -0.3 is 14.3 Å². The van der Waals surface area contributed by atoms with Crippen LogP contribution in [0.3, 0.4) is 0 Å². The molecule has 0 spiro atoms. The Morgan fingerprint density at radius 1 is 1.03 bits per heavy atom. The molecule has 2 heterocycles. The third-order valence-corrected chi connectivity index (χ3v) is 5.76. The smallest absolute Gasteiger partial charge is 0.135 e. The van der Waals surface area contributed by atoms with E-state index in [9.17, 15) is 5.11 Å². The van der Waals surface area contributed by atoms with Gasteiger partial charge in [0.05, 0.1) is 12.6 Å². The first-order chi connectivity index (χ1) is 14.6. The molecular weight excluding hydrogens is 374 g/mol. The normalized spacial score (nSPS) is 16.8. The van der Waals surface area contributed by atoms with E-state index in [1.54, 1.807) is 0 Å². The zero-order chi connectivity index (χ0) is 21.2. The Bertz CT molecular complexity index is 765. The number of ether oxygens (including phenoxy) is 1. The first-order valence-corrected chi connectivity index (χ1v) is 11.0. The molecular formula is C26H35NO3. The van der Waals surface area contributed by atoms with Gasteiger partial charge in [-0.25, -0.2) is 0 Å². The summed E-state index contributed by atoms with van der Waals surface area (Å²) in [7, 11) is 0. The zero-order valence-electron chi connectivity index (χ0n) is 18.0. The van der Waals surface area contributed by atoms with Crippen LogP contribution in [-0.2, 0) is 23.4 Å². The van der Waals surface area contributed by atoms with Crippen molar-refractivity contribution < 1.29 is 14.3 Å². The predicted octanol–water partition coefficient (Wildman–Crippen LogP) is 5.58. The molecule has 0 radical (unpaired) electrons. The maximum Gasteiger partial charge on any atom is 0.135 e. The van der Waals surface area contributed by atoms with Crippen LogP contribution in [0, 0.1) is 0 Å². The Labute approximate surface area is 180 Å². The van der Waals surface area contributed by atoms with Gasteiger partial charge in [-0.1, -0.05) is 42.5 Å². The van der Waals surface area contributed by atoms with Crippen LogP contribution in [0.15, 0.2) is 72.2 Å². The molecule has 1 unspecified atom stereocenters. The van der Waals surface area contributed by atoms with E-state index in [1.807, 2.05) is 30.4 Å². The third-order valence-electron chi connectivity index (χ3n) is 5.76. The second-order valence-corrected chi connectivity index (χ2v) is 8.24. The minimum absolute atomic E-state index is 0.278. The minimum Gasteiger partial charge on any atom is -0.462 e. The van der Waals surface area contributed by atoms with Crippen molar-refractivity contribution in [3.8, 4) is 0 Å². The van der Waals surface area contributed by atoms with Gasteiger partial charge in [0.2, 0.25) is 0 Å². The van der Waals surface area contributed by atoms with Gasteiger partial charge in [-0.2, -0.15) is 0 Å². The summed E-state index contributed by atoms with van der Waals surface area (Å²) in [4.78, 5) is 2.38. The highest BCUT2D eigenvalue weighted by molar-refractivity contribution is 5.17. The maximum absolute atomic E-state index is 11.2. The van der Waals surface area contributed by atoms with Crippen molar-refractivity contribution in [3.63, 3.8) is 0 Å². The van der Waals surface area contributed by atoms with Gasteiger partial charge in [-0.15, -0.1) is 13.2 Å². The highest BCUT2D eigenvalue weighted by Crippen LogP contribution is 2.33. The summed E-state index contributed by atoms with van der Waals surface area (Å²) in [5.74, 6) is 1.51. The van der Waals surface area contributed by atoms with E-state index in [-0.39, 0.29) is 6.10 Å². The zero-order valence-corrected chi connectivity index (χ0v) is 18.0. The lowest BCUT2D eigenvalue weighted by molar-refractivity contribution is -0.00261. The number of benzene rings is 1. The lowest BCUT2D eigenvalue weighted by Gasteiger charge is -2.26. The van der Waals surface area contributed by atoms with E-state index in [0.29, 0.717) is 25.1 Å². The first kappa shape index (κ1) is 22.5. The second kappa shape index (κ2) is 11.3. The molecule has 1 N–H and O–H groups in total. The third kappa shape index (κ3) is 6.43. The van der Waals surface area contributed by atoms with Gasteiger partial charge in [-0.3, -0.25) is 4.90 Å². The number of allylic oxidation sites excluding steroid dienone is 2. The Kier molecular flexibility index (Phi) is 8.50. The fourth-order valence-corrected chi connectivity index (χ4v) is 4.09. The highest BCUT2D eigenvalue weighted by atomic mass is 16.5. The van der Waals surface area contributed by atoms with Crippen molar-refractivity contribution in [1.29, 1.82) is 0 Å². The van der Waals surface area contributed by atoms with Crippen LogP contribution in [0.25, 0.3) is 0 Å². The monoisotopic (exact) mass is 409 g/mol. The van der Waals surface area contributed by atoms with Crippen LogP contribution in [-0.4, -0.2) is 29.3 Å². The van der Waals surface area contributed by atoms with Crippen molar-refractivity contribution in [2.75, 3.05) is 13.2 Å². The van der Waals surface area contributed by atoms with Crippen LogP contribution in [0.4, 0.5) is 0 Å². The Balaban J connectivity index is 1.72. The van der Waals surface area contributed by atoms with Crippen molar-refractivity contribution in [3.05, 3.63) is 84.9 Å². The van der Waals surface area contributed by atoms with Crippen molar-refractivity contribution in [2.45, 2.75) is 63.3 Å². The van der Waals surface area contributed by atoms with E-state index in [2.05, 4.69) is 42.3 Å². The number of nitrogens with zero attached hydrogens (tertiary/aromatic N) is 1. The predicted molar refractivity (Wildman–Crippen MR) is 121 cm³/mol. The van der Waals surface area contributed by atoms with E-state index in [1.165, 1.54) is 5.56 Å². The van der Waals surface area contributed by atoms with Crippen molar-refractivity contribution in [1.82, 2.24) is 4.90 Å². The van der Waals surface area contributed by atoms with Gasteiger partial charge >= 0.3 is 0 Å². The van der Waals surface area contributed by atoms with E-state index < -0.39 is 5.60 Å². The molecule has 0 amide bonds. The minimum atomic E-state index is -0.987. The maximum atomic E-state index is 11.2. The molecule has 1 aromatic carbocycles. The van der Waals surface area contributed by atoms with Gasteiger partial charge in [0.15, 0.2) is 0 Å². The van der Waals surface area contributed by atoms with Crippen molar-refractivity contribution in [2.24, 2.45) is 0 Å². The molecule has 0 aliphatic carbocycles. The largest absolute Gasteiger partial charge is 0.462 e. The molecule has 4 heteroatoms. The molecule has 3 rings (SSSR count). The van der Waals surface area contributed by atoms with Crippen molar-refractivity contribution >= 4 is 0 Å². The molecule has 0 saturated carbocycles. The number of hydrogen-bond acceptors (Lipinski definition) is 4. The molecule has 4 nitrogen and oxygen atoms in total. The molecule has 1 aliphatic rings. The van der Waals surface area contributed by atoms with Crippen LogP contribution in [0.5, 0.6) is 0 Å². The topological polar surface area (TPSA) is 45.8 Å². The van der Waals surface area contributed by atoms with Crippen LogP contribution in [0.2, 0.25) is 0 Å². The standard InChI is InChI=1S/C26H35NO3/c1-3-5-16-26(28,17-6-4-2)25-15-14-24(30-25)21-27(20-23-13-10-18-29-23)19-22-11-8-7-9-12-22/h3-4,7-9,11-12,14-15,23,28H,1-2,5-6,10,13,16-21H2. The second-order valence-electron chi connectivity index (χ2n) is 8.24. The average Bonchev–Trinajstić information content (AvgIpc) is 3.44.